The van der Waals surface area contributed by atoms with E-state index >= 15 is 0 Å². The molecule has 1 fully saturated rings. The van der Waals surface area contributed by atoms with E-state index in [0.29, 0.717) is 9.94 Å². The molecular weight excluding hydrogens is 475 g/mol. The van der Waals surface area contributed by atoms with Gasteiger partial charge >= 0.3 is 20.3 Å². The van der Waals surface area contributed by atoms with Gasteiger partial charge in [-0.2, -0.15) is 17.6 Å². The Hall–Kier alpha value is -1.92. The SMILES string of the molecule is CC1(C)OB(c2cncc(OC(F)F)c2)OC1(C)C.FC(F)Oc1cncc(Br)c1. The highest BCUT2D eigenvalue weighted by atomic mass is 79.9. The van der Waals surface area contributed by atoms with E-state index in [-0.39, 0.29) is 11.5 Å². The van der Waals surface area contributed by atoms with Crippen LogP contribution in [-0.4, -0.2) is 41.5 Å². The van der Waals surface area contributed by atoms with Crippen LogP contribution in [0, 0.1) is 0 Å². The van der Waals surface area contributed by atoms with Gasteiger partial charge in [0.15, 0.2) is 0 Å². The summed E-state index contributed by atoms with van der Waals surface area (Å²) in [7, 11) is -0.640. The fraction of sp³-hybridized carbons (Fsp3) is 0.444. The first-order valence-electron chi connectivity index (χ1n) is 8.70. The first-order chi connectivity index (χ1) is 13.9. The molecule has 1 aliphatic rings. The van der Waals surface area contributed by atoms with Crippen molar-refractivity contribution in [1.82, 2.24) is 9.97 Å². The Kier molecular flexibility index (Phi) is 8.06. The molecule has 0 aromatic carbocycles. The number of pyridine rings is 2. The normalized spacial score (nSPS) is 17.0. The summed E-state index contributed by atoms with van der Waals surface area (Å²) in [5, 5.41) is 0. The number of nitrogens with zero attached hydrogens (tertiary/aromatic N) is 2. The van der Waals surface area contributed by atoms with Gasteiger partial charge in [0.2, 0.25) is 0 Å². The number of ether oxygens (including phenoxy) is 2. The molecule has 2 aromatic rings. The molecule has 0 atom stereocenters. The quantitative estimate of drug-likeness (QED) is 0.452. The molecule has 1 aliphatic heterocycles. The van der Waals surface area contributed by atoms with E-state index in [1.165, 1.54) is 36.9 Å². The molecule has 2 aromatic heterocycles. The number of rotatable bonds is 5. The molecule has 164 valence electrons. The van der Waals surface area contributed by atoms with Gasteiger partial charge in [0.25, 0.3) is 0 Å². The van der Waals surface area contributed by atoms with E-state index in [4.69, 9.17) is 9.31 Å². The fourth-order valence-electron chi connectivity index (χ4n) is 2.27. The van der Waals surface area contributed by atoms with Crippen molar-refractivity contribution in [3.8, 4) is 11.5 Å². The van der Waals surface area contributed by atoms with Crippen LogP contribution < -0.4 is 14.9 Å². The lowest BCUT2D eigenvalue weighted by molar-refractivity contribution is -0.0507. The zero-order valence-corrected chi connectivity index (χ0v) is 18.2. The Bertz CT molecular complexity index is 829. The van der Waals surface area contributed by atoms with Gasteiger partial charge in [-0.3, -0.25) is 9.97 Å². The first-order valence-corrected chi connectivity index (χ1v) is 9.50. The van der Waals surface area contributed by atoms with Gasteiger partial charge in [-0.25, -0.2) is 0 Å². The fourth-order valence-corrected chi connectivity index (χ4v) is 2.61. The summed E-state index contributed by atoms with van der Waals surface area (Å²) in [6, 6.07) is 2.86. The van der Waals surface area contributed by atoms with Crippen LogP contribution in [0.15, 0.2) is 41.4 Å². The van der Waals surface area contributed by atoms with Gasteiger partial charge in [-0.1, -0.05) is 0 Å². The molecule has 0 aliphatic carbocycles. The first kappa shape index (κ1) is 24.4. The van der Waals surface area contributed by atoms with Crippen LogP contribution in [0.25, 0.3) is 0 Å². The van der Waals surface area contributed by atoms with Crippen molar-refractivity contribution >= 4 is 28.5 Å². The predicted octanol–water partition coefficient (Wildman–Crippen LogP) is 4.43. The summed E-state index contributed by atoms with van der Waals surface area (Å²) in [5.41, 5.74) is -0.425. The van der Waals surface area contributed by atoms with Crippen LogP contribution in [0.3, 0.4) is 0 Å². The summed E-state index contributed by atoms with van der Waals surface area (Å²) in [4.78, 5) is 7.49. The summed E-state index contributed by atoms with van der Waals surface area (Å²) in [6.07, 6.45) is 5.44. The Morgan fingerprint density at radius 1 is 0.833 bits per heavy atom. The predicted molar refractivity (Wildman–Crippen MR) is 105 cm³/mol. The molecule has 0 saturated carbocycles. The number of hydrogen-bond donors (Lipinski definition) is 0. The molecule has 3 heterocycles. The van der Waals surface area contributed by atoms with Crippen LogP contribution in [0.5, 0.6) is 11.5 Å². The standard InChI is InChI=1S/C12H16BF2NO3.C6H4BrF2NO/c1-11(2)12(3,4)19-13(18-11)8-5-9(7-16-6-8)17-10(14)15;7-4-1-5(3-10-2-4)11-6(8)9/h5-7,10H,1-4H3;1-3,6H. The Morgan fingerprint density at radius 3 is 1.77 bits per heavy atom. The molecule has 0 spiro atoms. The zero-order chi connectivity index (χ0) is 22.5. The van der Waals surface area contributed by atoms with Crippen molar-refractivity contribution in [2.45, 2.75) is 52.1 Å². The maximum Gasteiger partial charge on any atom is 0.496 e. The van der Waals surface area contributed by atoms with Gasteiger partial charge in [-0.15, -0.1) is 0 Å². The van der Waals surface area contributed by atoms with E-state index < -0.39 is 31.5 Å². The highest BCUT2D eigenvalue weighted by Crippen LogP contribution is 2.36. The van der Waals surface area contributed by atoms with Crippen molar-refractivity contribution in [2.24, 2.45) is 0 Å². The smallest absolute Gasteiger partial charge is 0.433 e. The molecular formula is C18H20BBrF4N2O4. The molecule has 1 saturated heterocycles. The lowest BCUT2D eigenvalue weighted by Gasteiger charge is -2.32. The second-order valence-corrected chi connectivity index (χ2v) is 8.05. The van der Waals surface area contributed by atoms with E-state index in [2.05, 4.69) is 35.4 Å². The number of aromatic nitrogens is 2. The number of alkyl halides is 4. The second-order valence-electron chi connectivity index (χ2n) is 7.14. The van der Waals surface area contributed by atoms with Crippen LogP contribution in [0.1, 0.15) is 27.7 Å². The number of hydrogen-bond acceptors (Lipinski definition) is 6. The Balaban J connectivity index is 0.000000248. The van der Waals surface area contributed by atoms with Crippen LogP contribution in [0.4, 0.5) is 17.6 Å². The third-order valence-electron chi connectivity index (χ3n) is 4.39. The minimum Gasteiger partial charge on any atom is -0.433 e. The second kappa shape index (κ2) is 9.93. The van der Waals surface area contributed by atoms with Crippen molar-refractivity contribution in [2.75, 3.05) is 0 Å². The Labute approximate surface area is 180 Å². The maximum absolute atomic E-state index is 12.2. The topological polar surface area (TPSA) is 62.7 Å². The van der Waals surface area contributed by atoms with Crippen molar-refractivity contribution < 1.29 is 36.3 Å². The molecule has 6 nitrogen and oxygen atoms in total. The van der Waals surface area contributed by atoms with Gasteiger partial charge in [-0.05, 0) is 55.8 Å². The molecule has 0 bridgehead atoms. The third-order valence-corrected chi connectivity index (χ3v) is 4.82. The molecule has 0 radical (unpaired) electrons. The molecule has 12 heteroatoms. The van der Waals surface area contributed by atoms with Gasteiger partial charge in [0, 0.05) is 22.3 Å². The summed E-state index contributed by atoms with van der Waals surface area (Å²) in [6.45, 7) is 1.99. The summed E-state index contributed by atoms with van der Waals surface area (Å²) >= 11 is 3.06. The molecule has 0 N–H and O–H groups in total. The summed E-state index contributed by atoms with van der Waals surface area (Å²) in [5.74, 6) is 0.0385. The van der Waals surface area contributed by atoms with Crippen LogP contribution in [0.2, 0.25) is 0 Å². The molecule has 30 heavy (non-hydrogen) atoms. The zero-order valence-electron chi connectivity index (χ0n) is 16.6. The highest BCUT2D eigenvalue weighted by molar-refractivity contribution is 9.10. The van der Waals surface area contributed by atoms with E-state index in [9.17, 15) is 17.6 Å². The summed E-state index contributed by atoms with van der Waals surface area (Å²) < 4.78 is 68.1. The minimum atomic E-state index is -2.88. The van der Waals surface area contributed by atoms with Crippen LogP contribution >= 0.6 is 15.9 Å². The lowest BCUT2D eigenvalue weighted by atomic mass is 9.80. The van der Waals surface area contributed by atoms with Gasteiger partial charge in [0.1, 0.15) is 11.5 Å². The van der Waals surface area contributed by atoms with E-state index in [0.717, 1.165) is 0 Å². The third kappa shape index (κ3) is 6.81. The van der Waals surface area contributed by atoms with Crippen molar-refractivity contribution in [3.05, 3.63) is 41.4 Å². The van der Waals surface area contributed by atoms with Crippen molar-refractivity contribution in [1.29, 1.82) is 0 Å². The largest absolute Gasteiger partial charge is 0.496 e. The minimum absolute atomic E-state index is 0.0118. The Morgan fingerprint density at radius 2 is 1.30 bits per heavy atom. The van der Waals surface area contributed by atoms with Gasteiger partial charge in [0.05, 0.1) is 23.6 Å². The molecule has 3 rings (SSSR count). The maximum atomic E-state index is 12.2. The highest BCUT2D eigenvalue weighted by Gasteiger charge is 2.51. The molecule has 0 amide bonds. The lowest BCUT2D eigenvalue weighted by Crippen LogP contribution is -2.41. The number of halogens is 5. The molecule has 0 unspecified atom stereocenters. The van der Waals surface area contributed by atoms with Crippen molar-refractivity contribution in [3.63, 3.8) is 0 Å². The van der Waals surface area contributed by atoms with Gasteiger partial charge < -0.3 is 18.8 Å². The van der Waals surface area contributed by atoms with Crippen LogP contribution in [-0.2, 0) is 9.31 Å². The monoisotopic (exact) mass is 494 g/mol. The average Bonchev–Trinajstić information content (AvgIpc) is 2.82. The average molecular weight is 495 g/mol. The van der Waals surface area contributed by atoms with E-state index in [1.54, 1.807) is 0 Å². The van der Waals surface area contributed by atoms with E-state index in [1.807, 2.05) is 27.7 Å².